The third-order valence-electron chi connectivity index (χ3n) is 3.61. The minimum atomic E-state index is -4.87. The maximum Gasteiger partial charge on any atom is 0.416 e. The lowest BCUT2D eigenvalue weighted by Crippen LogP contribution is -2.11. The van der Waals surface area contributed by atoms with Crippen LogP contribution in [0.15, 0.2) is 36.4 Å². The van der Waals surface area contributed by atoms with Crippen molar-refractivity contribution in [2.24, 2.45) is 0 Å². The summed E-state index contributed by atoms with van der Waals surface area (Å²) in [7, 11) is 0. The molecule has 0 aromatic heterocycles. The first kappa shape index (κ1) is 15.7. The third-order valence-corrected chi connectivity index (χ3v) is 3.61. The van der Waals surface area contributed by atoms with Crippen molar-refractivity contribution in [3.63, 3.8) is 0 Å². The molecule has 0 fully saturated rings. The summed E-state index contributed by atoms with van der Waals surface area (Å²) in [6, 6.07) is 6.34. The summed E-state index contributed by atoms with van der Waals surface area (Å²) in [5.74, 6) is 0.347. The van der Waals surface area contributed by atoms with Gasteiger partial charge in [0.05, 0.1) is 17.7 Å². The molecule has 0 aliphatic carbocycles. The largest absolute Gasteiger partial charge is 0.492 e. The Hall–Kier alpha value is -2.18. The van der Waals surface area contributed by atoms with E-state index in [2.05, 4.69) is 0 Å². The summed E-state index contributed by atoms with van der Waals surface area (Å²) in [5, 5.41) is 0. The van der Waals surface area contributed by atoms with Gasteiger partial charge in [0, 0.05) is 12.0 Å². The average Bonchev–Trinajstić information content (AvgIpc) is 2.93. The van der Waals surface area contributed by atoms with Gasteiger partial charge in [-0.15, -0.1) is 0 Å². The Bertz CT molecular complexity index is 713. The van der Waals surface area contributed by atoms with Crippen LogP contribution in [0.3, 0.4) is 0 Å². The number of ether oxygens (including phenoxy) is 1. The van der Waals surface area contributed by atoms with E-state index in [9.17, 15) is 26.3 Å². The topological polar surface area (TPSA) is 9.23 Å². The molecule has 0 N–H and O–H groups in total. The molecule has 0 saturated heterocycles. The van der Waals surface area contributed by atoms with Crippen LogP contribution in [-0.4, -0.2) is 6.61 Å². The number of hydrogen-bond donors (Lipinski definition) is 0. The Balaban J connectivity index is 2.22. The van der Waals surface area contributed by atoms with Crippen LogP contribution in [0.2, 0.25) is 0 Å². The zero-order valence-corrected chi connectivity index (χ0v) is 11.6. The Morgan fingerprint density at radius 1 is 0.826 bits per heavy atom. The number of halogens is 6. The van der Waals surface area contributed by atoms with Crippen LogP contribution in [-0.2, 0) is 18.8 Å². The quantitative estimate of drug-likeness (QED) is 0.642. The summed E-state index contributed by atoms with van der Waals surface area (Å²) in [6.45, 7) is 0.359. The molecule has 0 amide bonds. The van der Waals surface area contributed by atoms with E-state index in [0.29, 0.717) is 30.9 Å². The summed E-state index contributed by atoms with van der Waals surface area (Å²) in [5.41, 5.74) is -1.83. The minimum Gasteiger partial charge on any atom is -0.492 e. The van der Waals surface area contributed by atoms with Gasteiger partial charge in [0.1, 0.15) is 5.75 Å². The van der Waals surface area contributed by atoms with E-state index in [1.54, 1.807) is 12.1 Å². The third kappa shape index (κ3) is 3.00. The smallest absolute Gasteiger partial charge is 0.416 e. The molecule has 1 nitrogen and oxygen atoms in total. The van der Waals surface area contributed by atoms with Crippen molar-refractivity contribution in [3.05, 3.63) is 53.1 Å². The molecule has 1 heterocycles. The molecular formula is C16H10F6O. The molecule has 122 valence electrons. The van der Waals surface area contributed by atoms with Crippen molar-refractivity contribution in [1.29, 1.82) is 0 Å². The standard InChI is InChI=1S/C16H10F6O/c17-15(18,19)11-6-10(7-12(8-11)16(20,21)22)13-3-1-2-9-4-5-23-14(9)13/h1-3,6-8H,4-5H2. The Morgan fingerprint density at radius 3 is 2.00 bits per heavy atom. The fraction of sp³-hybridized carbons (Fsp3) is 0.250. The first-order valence-corrected chi connectivity index (χ1v) is 6.71. The molecule has 23 heavy (non-hydrogen) atoms. The van der Waals surface area contributed by atoms with Gasteiger partial charge in [-0.2, -0.15) is 26.3 Å². The monoisotopic (exact) mass is 332 g/mol. The van der Waals surface area contributed by atoms with Gasteiger partial charge in [-0.1, -0.05) is 18.2 Å². The highest BCUT2D eigenvalue weighted by Crippen LogP contribution is 2.42. The lowest BCUT2D eigenvalue weighted by Gasteiger charge is -2.15. The Labute approximate surface area is 127 Å². The Kier molecular flexibility index (Phi) is 3.54. The number of alkyl halides is 6. The van der Waals surface area contributed by atoms with Gasteiger partial charge < -0.3 is 4.74 Å². The summed E-state index contributed by atoms with van der Waals surface area (Å²) < 4.78 is 82.9. The molecule has 1 aliphatic rings. The van der Waals surface area contributed by atoms with Crippen LogP contribution in [0.4, 0.5) is 26.3 Å². The Morgan fingerprint density at radius 2 is 1.43 bits per heavy atom. The molecule has 0 unspecified atom stereocenters. The molecule has 2 aromatic carbocycles. The lowest BCUT2D eigenvalue weighted by molar-refractivity contribution is -0.143. The first-order chi connectivity index (χ1) is 10.7. The van der Waals surface area contributed by atoms with Gasteiger partial charge in [-0.25, -0.2) is 0 Å². The van der Waals surface area contributed by atoms with Crippen molar-refractivity contribution >= 4 is 0 Å². The van der Waals surface area contributed by atoms with E-state index in [1.807, 2.05) is 0 Å². The van der Waals surface area contributed by atoms with Crippen molar-refractivity contribution in [2.45, 2.75) is 18.8 Å². The van der Waals surface area contributed by atoms with Crippen molar-refractivity contribution < 1.29 is 31.1 Å². The second-order valence-corrected chi connectivity index (χ2v) is 5.19. The molecular weight excluding hydrogens is 322 g/mol. The number of benzene rings is 2. The average molecular weight is 332 g/mol. The molecule has 7 heteroatoms. The summed E-state index contributed by atoms with van der Waals surface area (Å²) >= 11 is 0. The van der Waals surface area contributed by atoms with Crippen LogP contribution in [0.5, 0.6) is 5.75 Å². The molecule has 1 aliphatic heterocycles. The molecule has 0 saturated carbocycles. The first-order valence-electron chi connectivity index (χ1n) is 6.71. The van der Waals surface area contributed by atoms with Crippen LogP contribution in [0, 0.1) is 0 Å². The highest BCUT2D eigenvalue weighted by atomic mass is 19.4. The predicted octanol–water partition coefficient (Wildman–Crippen LogP) is 5.33. The molecule has 0 spiro atoms. The second kappa shape index (κ2) is 5.18. The zero-order valence-electron chi connectivity index (χ0n) is 11.6. The second-order valence-electron chi connectivity index (χ2n) is 5.19. The van der Waals surface area contributed by atoms with E-state index in [1.165, 1.54) is 6.07 Å². The van der Waals surface area contributed by atoms with Gasteiger partial charge in [-0.05, 0) is 29.3 Å². The van der Waals surface area contributed by atoms with Crippen molar-refractivity contribution in [3.8, 4) is 16.9 Å². The van der Waals surface area contributed by atoms with Crippen LogP contribution < -0.4 is 4.74 Å². The number of hydrogen-bond acceptors (Lipinski definition) is 1. The van der Waals surface area contributed by atoms with E-state index in [-0.39, 0.29) is 17.2 Å². The highest BCUT2D eigenvalue weighted by molar-refractivity contribution is 5.74. The minimum absolute atomic E-state index is 0.119. The summed E-state index contributed by atoms with van der Waals surface area (Å²) in [6.07, 6.45) is -9.15. The van der Waals surface area contributed by atoms with E-state index in [4.69, 9.17) is 4.74 Å². The van der Waals surface area contributed by atoms with Gasteiger partial charge in [0.15, 0.2) is 0 Å². The van der Waals surface area contributed by atoms with Crippen molar-refractivity contribution in [1.82, 2.24) is 0 Å². The molecule has 0 radical (unpaired) electrons. The summed E-state index contributed by atoms with van der Waals surface area (Å²) in [4.78, 5) is 0. The maximum absolute atomic E-state index is 12.9. The molecule has 0 atom stereocenters. The molecule has 3 rings (SSSR count). The number of rotatable bonds is 1. The van der Waals surface area contributed by atoms with E-state index >= 15 is 0 Å². The van der Waals surface area contributed by atoms with Gasteiger partial charge in [0.25, 0.3) is 0 Å². The maximum atomic E-state index is 12.9. The van der Waals surface area contributed by atoms with Gasteiger partial charge in [0.2, 0.25) is 0 Å². The van der Waals surface area contributed by atoms with Crippen molar-refractivity contribution in [2.75, 3.05) is 6.61 Å². The van der Waals surface area contributed by atoms with Crippen LogP contribution in [0.25, 0.3) is 11.1 Å². The normalized spacial score (nSPS) is 14.5. The van der Waals surface area contributed by atoms with E-state index in [0.717, 1.165) is 5.56 Å². The van der Waals surface area contributed by atoms with Gasteiger partial charge in [-0.3, -0.25) is 0 Å². The fourth-order valence-corrected chi connectivity index (χ4v) is 2.55. The number of fused-ring (bicyclic) bond motifs is 1. The van der Waals surface area contributed by atoms with E-state index < -0.39 is 23.5 Å². The fourth-order valence-electron chi connectivity index (χ4n) is 2.55. The predicted molar refractivity (Wildman–Crippen MR) is 71.1 cm³/mol. The highest BCUT2D eigenvalue weighted by Gasteiger charge is 2.37. The van der Waals surface area contributed by atoms with Crippen LogP contribution >= 0.6 is 0 Å². The number of para-hydroxylation sites is 1. The molecule has 0 bridgehead atoms. The van der Waals surface area contributed by atoms with Gasteiger partial charge >= 0.3 is 12.4 Å². The molecule has 2 aromatic rings. The SMILES string of the molecule is FC(F)(F)c1cc(-c2cccc3c2OCC3)cc(C(F)(F)F)c1. The van der Waals surface area contributed by atoms with Crippen LogP contribution in [0.1, 0.15) is 16.7 Å². The zero-order chi connectivity index (χ0) is 16.8. The lowest BCUT2D eigenvalue weighted by atomic mass is 9.97.